The van der Waals surface area contributed by atoms with Crippen LogP contribution in [-0.2, 0) is 4.74 Å². The fourth-order valence-electron chi connectivity index (χ4n) is 2.09. The number of likely N-dealkylation sites (tertiary alicyclic amines) is 1. The Hall–Kier alpha value is -0.780. The molecule has 1 heterocycles. The Kier molecular flexibility index (Phi) is 5.07. The topological polar surface area (TPSA) is 41.6 Å². The number of amides is 1. The molecular formula is C13H16BrClN2O2. The second kappa shape index (κ2) is 6.59. The maximum absolute atomic E-state index is 11.7. The van der Waals surface area contributed by atoms with E-state index in [-0.39, 0.29) is 0 Å². The van der Waals surface area contributed by atoms with Crippen LogP contribution in [0.1, 0.15) is 6.42 Å². The first-order chi connectivity index (χ1) is 9.04. The number of halogens is 2. The van der Waals surface area contributed by atoms with Crippen molar-refractivity contribution >= 4 is 39.3 Å². The second-order valence-corrected chi connectivity index (χ2v) is 6.06. The quantitative estimate of drug-likeness (QED) is 0.908. The van der Waals surface area contributed by atoms with E-state index in [1.54, 1.807) is 18.2 Å². The average molecular weight is 348 g/mol. The minimum atomic E-state index is -0.433. The van der Waals surface area contributed by atoms with Crippen molar-refractivity contribution in [2.45, 2.75) is 6.42 Å². The minimum Gasteiger partial charge on any atom is -0.449 e. The van der Waals surface area contributed by atoms with Gasteiger partial charge in [-0.15, -0.1) is 0 Å². The molecule has 2 rings (SSSR count). The number of carbonyl (C=O) groups excluding carboxylic acids is 1. The lowest BCUT2D eigenvalue weighted by atomic mass is 10.1. The molecule has 1 aromatic carbocycles. The van der Waals surface area contributed by atoms with Crippen LogP contribution in [0.3, 0.4) is 0 Å². The predicted octanol–water partition coefficient (Wildman–Crippen LogP) is 3.60. The first-order valence-corrected chi connectivity index (χ1v) is 7.29. The molecule has 1 amide bonds. The molecule has 0 unspecified atom stereocenters. The molecule has 6 heteroatoms. The summed E-state index contributed by atoms with van der Waals surface area (Å²) in [5, 5.41) is 3.30. The molecule has 1 atom stereocenters. The number of hydrogen-bond donors (Lipinski definition) is 1. The van der Waals surface area contributed by atoms with Gasteiger partial charge >= 0.3 is 6.09 Å². The van der Waals surface area contributed by atoms with Crippen LogP contribution in [-0.4, -0.2) is 37.7 Å². The Bertz CT molecular complexity index is 470. The summed E-state index contributed by atoms with van der Waals surface area (Å²) in [5.41, 5.74) is 0.651. The van der Waals surface area contributed by atoms with E-state index in [0.29, 0.717) is 23.2 Å². The Morgan fingerprint density at radius 3 is 3.05 bits per heavy atom. The van der Waals surface area contributed by atoms with Gasteiger partial charge in [0, 0.05) is 22.0 Å². The highest BCUT2D eigenvalue weighted by atomic mass is 79.9. The fraction of sp³-hybridized carbons (Fsp3) is 0.462. The number of ether oxygens (including phenoxy) is 1. The Morgan fingerprint density at radius 1 is 1.63 bits per heavy atom. The molecule has 1 fully saturated rings. The van der Waals surface area contributed by atoms with Crippen LogP contribution < -0.4 is 5.32 Å². The van der Waals surface area contributed by atoms with Gasteiger partial charge in [0.15, 0.2) is 0 Å². The molecule has 0 radical (unpaired) electrons. The van der Waals surface area contributed by atoms with Crippen molar-refractivity contribution in [3.63, 3.8) is 0 Å². The lowest BCUT2D eigenvalue weighted by Gasteiger charge is -2.12. The number of anilines is 1. The van der Waals surface area contributed by atoms with Crippen molar-refractivity contribution in [2.24, 2.45) is 5.92 Å². The van der Waals surface area contributed by atoms with Crippen molar-refractivity contribution in [1.82, 2.24) is 4.90 Å². The lowest BCUT2D eigenvalue weighted by molar-refractivity contribution is 0.142. The van der Waals surface area contributed by atoms with Gasteiger partial charge < -0.3 is 9.64 Å². The van der Waals surface area contributed by atoms with E-state index in [9.17, 15) is 4.79 Å². The number of carbonyl (C=O) groups is 1. The molecule has 0 aliphatic carbocycles. The number of nitrogens with zero attached hydrogens (tertiary/aromatic N) is 1. The SMILES string of the molecule is CN1CC[C@@H](COC(=O)Nc2ccc(Cl)cc2Br)C1. The summed E-state index contributed by atoms with van der Waals surface area (Å²) < 4.78 is 5.97. The summed E-state index contributed by atoms with van der Waals surface area (Å²) in [7, 11) is 2.07. The Balaban J connectivity index is 1.81. The van der Waals surface area contributed by atoms with E-state index in [2.05, 4.69) is 33.2 Å². The molecule has 1 saturated heterocycles. The van der Waals surface area contributed by atoms with E-state index in [1.165, 1.54) is 0 Å². The average Bonchev–Trinajstić information content (AvgIpc) is 2.76. The van der Waals surface area contributed by atoms with Crippen LogP contribution in [0, 0.1) is 5.92 Å². The monoisotopic (exact) mass is 346 g/mol. The lowest BCUT2D eigenvalue weighted by Crippen LogP contribution is -2.21. The molecule has 1 aliphatic rings. The Labute approximate surface area is 126 Å². The summed E-state index contributed by atoms with van der Waals surface area (Å²) in [6.45, 7) is 2.51. The first-order valence-electron chi connectivity index (χ1n) is 6.12. The van der Waals surface area contributed by atoms with Crippen molar-refractivity contribution in [3.05, 3.63) is 27.7 Å². The molecule has 0 bridgehead atoms. The van der Waals surface area contributed by atoms with Gasteiger partial charge in [-0.2, -0.15) is 0 Å². The van der Waals surface area contributed by atoms with Gasteiger partial charge in [-0.1, -0.05) is 11.6 Å². The number of nitrogens with one attached hydrogen (secondary N) is 1. The molecule has 104 valence electrons. The van der Waals surface area contributed by atoms with Gasteiger partial charge in [-0.3, -0.25) is 5.32 Å². The maximum Gasteiger partial charge on any atom is 0.411 e. The zero-order chi connectivity index (χ0) is 13.8. The third kappa shape index (κ3) is 4.37. The molecule has 4 nitrogen and oxygen atoms in total. The van der Waals surface area contributed by atoms with Gasteiger partial charge in [0.25, 0.3) is 0 Å². The van der Waals surface area contributed by atoms with Crippen molar-refractivity contribution in [1.29, 1.82) is 0 Å². The molecular weight excluding hydrogens is 332 g/mol. The van der Waals surface area contributed by atoms with Crippen molar-refractivity contribution in [3.8, 4) is 0 Å². The van der Waals surface area contributed by atoms with E-state index >= 15 is 0 Å². The standard InChI is InChI=1S/C13H16BrClN2O2/c1-17-5-4-9(7-17)8-19-13(18)16-12-3-2-10(15)6-11(12)14/h2-3,6,9H,4-5,7-8H2,1H3,(H,16,18)/t9-/m1/s1. The highest BCUT2D eigenvalue weighted by Gasteiger charge is 2.20. The van der Waals surface area contributed by atoms with Gasteiger partial charge in [-0.05, 0) is 54.1 Å². The van der Waals surface area contributed by atoms with E-state index < -0.39 is 6.09 Å². The van der Waals surface area contributed by atoms with Gasteiger partial charge in [0.2, 0.25) is 0 Å². The van der Waals surface area contributed by atoms with Crippen molar-refractivity contribution < 1.29 is 9.53 Å². The van der Waals surface area contributed by atoms with Crippen LogP contribution in [0.15, 0.2) is 22.7 Å². The third-order valence-corrected chi connectivity index (χ3v) is 4.00. The zero-order valence-corrected chi connectivity index (χ0v) is 13.0. The molecule has 1 N–H and O–H groups in total. The Morgan fingerprint density at radius 2 is 2.42 bits per heavy atom. The van der Waals surface area contributed by atoms with E-state index in [4.69, 9.17) is 16.3 Å². The summed E-state index contributed by atoms with van der Waals surface area (Å²) in [4.78, 5) is 13.9. The molecule has 0 aromatic heterocycles. The summed E-state index contributed by atoms with van der Waals surface area (Å²) in [6, 6.07) is 5.17. The molecule has 1 aliphatic heterocycles. The smallest absolute Gasteiger partial charge is 0.411 e. The normalized spacial score (nSPS) is 19.4. The van der Waals surface area contributed by atoms with E-state index in [0.717, 1.165) is 24.0 Å². The van der Waals surface area contributed by atoms with Crippen LogP contribution in [0.2, 0.25) is 5.02 Å². The fourth-order valence-corrected chi connectivity index (χ4v) is 2.87. The number of benzene rings is 1. The maximum atomic E-state index is 11.7. The third-order valence-electron chi connectivity index (χ3n) is 3.11. The molecule has 19 heavy (non-hydrogen) atoms. The first kappa shape index (κ1) is 14.6. The van der Waals surface area contributed by atoms with Crippen LogP contribution in [0.5, 0.6) is 0 Å². The van der Waals surface area contributed by atoms with Crippen LogP contribution in [0.25, 0.3) is 0 Å². The summed E-state index contributed by atoms with van der Waals surface area (Å²) in [5.74, 6) is 0.435. The van der Waals surface area contributed by atoms with Gasteiger partial charge in [0.05, 0.1) is 12.3 Å². The summed E-state index contributed by atoms with van der Waals surface area (Å²) >= 11 is 9.18. The largest absolute Gasteiger partial charge is 0.449 e. The molecule has 0 saturated carbocycles. The molecule has 0 spiro atoms. The van der Waals surface area contributed by atoms with Crippen LogP contribution in [0.4, 0.5) is 10.5 Å². The zero-order valence-electron chi connectivity index (χ0n) is 10.7. The highest BCUT2D eigenvalue weighted by molar-refractivity contribution is 9.10. The second-order valence-electron chi connectivity index (χ2n) is 4.76. The van der Waals surface area contributed by atoms with E-state index in [1.807, 2.05) is 0 Å². The predicted molar refractivity (Wildman–Crippen MR) is 79.7 cm³/mol. The number of rotatable bonds is 3. The van der Waals surface area contributed by atoms with Gasteiger partial charge in [-0.25, -0.2) is 4.79 Å². The molecule has 1 aromatic rings. The minimum absolute atomic E-state index is 0.433. The summed E-state index contributed by atoms with van der Waals surface area (Å²) in [6.07, 6.45) is 0.645. The van der Waals surface area contributed by atoms with Gasteiger partial charge in [0.1, 0.15) is 0 Å². The highest BCUT2D eigenvalue weighted by Crippen LogP contribution is 2.26. The van der Waals surface area contributed by atoms with Crippen LogP contribution >= 0.6 is 27.5 Å². The van der Waals surface area contributed by atoms with Crippen molar-refractivity contribution in [2.75, 3.05) is 32.1 Å². The number of hydrogen-bond acceptors (Lipinski definition) is 3.